The lowest BCUT2D eigenvalue weighted by atomic mass is 10.0. The zero-order valence-electron chi connectivity index (χ0n) is 20.6. The van der Waals surface area contributed by atoms with Gasteiger partial charge in [0, 0.05) is 30.4 Å². The molecule has 1 heterocycles. The fourth-order valence-corrected chi connectivity index (χ4v) is 4.17. The molecule has 36 heavy (non-hydrogen) atoms. The van der Waals surface area contributed by atoms with Crippen molar-refractivity contribution in [2.45, 2.75) is 64.4 Å². The third-order valence-corrected chi connectivity index (χ3v) is 6.12. The summed E-state index contributed by atoms with van der Waals surface area (Å²) in [6.45, 7) is 1.50. The summed E-state index contributed by atoms with van der Waals surface area (Å²) >= 11 is 0. The van der Waals surface area contributed by atoms with Crippen LogP contribution in [0.4, 0.5) is 11.4 Å². The SMILES string of the molecule is O=[N+]([O-])c1ccc(-[n+]2cccc(CCCCCCCCCCOCc3ccccc3)c2)c([N+](=O)[O-])c1. The van der Waals surface area contributed by atoms with Crippen molar-refractivity contribution < 1.29 is 19.2 Å². The van der Waals surface area contributed by atoms with Crippen LogP contribution in [0.1, 0.15) is 62.5 Å². The molecule has 190 valence electrons. The average molecular weight is 493 g/mol. The summed E-state index contributed by atoms with van der Waals surface area (Å²) in [7, 11) is 0. The van der Waals surface area contributed by atoms with Crippen LogP contribution in [0.5, 0.6) is 0 Å². The highest BCUT2D eigenvalue weighted by Crippen LogP contribution is 2.24. The normalized spacial score (nSPS) is 10.9. The second-order valence-electron chi connectivity index (χ2n) is 8.92. The van der Waals surface area contributed by atoms with E-state index < -0.39 is 9.85 Å². The monoisotopic (exact) mass is 492 g/mol. The standard InChI is InChI=1S/C28H34N3O5/c32-30(33)26-17-18-27(28(21-26)31(34)35)29-19-12-16-24(22-29)13-8-5-3-1-2-4-6-11-20-36-23-25-14-9-7-10-15-25/h7,9-10,12,14-19,21-22H,1-6,8,11,13,20,23H2/q+1. The van der Waals surface area contributed by atoms with Gasteiger partial charge in [0.2, 0.25) is 0 Å². The fraction of sp³-hybridized carbons (Fsp3) is 0.393. The largest absolute Gasteiger partial charge is 0.377 e. The molecule has 0 N–H and O–H groups in total. The molecule has 0 atom stereocenters. The van der Waals surface area contributed by atoms with Crippen molar-refractivity contribution in [1.82, 2.24) is 0 Å². The highest BCUT2D eigenvalue weighted by Gasteiger charge is 2.26. The number of ether oxygens (including phenoxy) is 1. The van der Waals surface area contributed by atoms with Gasteiger partial charge in [0.25, 0.3) is 11.4 Å². The highest BCUT2D eigenvalue weighted by molar-refractivity contribution is 5.53. The molecule has 0 saturated carbocycles. The molecule has 0 radical (unpaired) electrons. The molecule has 0 saturated heterocycles. The van der Waals surface area contributed by atoms with E-state index in [1.165, 1.54) is 49.8 Å². The van der Waals surface area contributed by atoms with Gasteiger partial charge in [-0.15, -0.1) is 0 Å². The average Bonchev–Trinajstić information content (AvgIpc) is 2.89. The second-order valence-corrected chi connectivity index (χ2v) is 8.92. The predicted molar refractivity (Wildman–Crippen MR) is 138 cm³/mol. The number of hydrogen-bond acceptors (Lipinski definition) is 5. The van der Waals surface area contributed by atoms with Gasteiger partial charge < -0.3 is 4.74 Å². The van der Waals surface area contributed by atoms with Gasteiger partial charge >= 0.3 is 5.69 Å². The fourth-order valence-electron chi connectivity index (χ4n) is 4.17. The number of nitro benzene ring substituents is 2. The number of unbranched alkanes of at least 4 members (excludes halogenated alkanes) is 7. The highest BCUT2D eigenvalue weighted by atomic mass is 16.6. The number of benzene rings is 2. The molecule has 0 fully saturated rings. The summed E-state index contributed by atoms with van der Waals surface area (Å²) in [6, 6.07) is 17.8. The molecular weight excluding hydrogens is 458 g/mol. The molecule has 0 bridgehead atoms. The number of aryl methyl sites for hydroxylation is 1. The molecule has 0 unspecified atom stereocenters. The Morgan fingerprint density at radius 2 is 1.39 bits per heavy atom. The van der Waals surface area contributed by atoms with E-state index in [4.69, 9.17) is 4.74 Å². The van der Waals surface area contributed by atoms with Crippen molar-refractivity contribution >= 4 is 11.4 Å². The molecule has 2 aromatic carbocycles. The van der Waals surface area contributed by atoms with Gasteiger partial charge in [-0.25, -0.2) is 0 Å². The second kappa shape index (κ2) is 14.7. The van der Waals surface area contributed by atoms with Crippen molar-refractivity contribution in [3.8, 4) is 5.69 Å². The topological polar surface area (TPSA) is 99.4 Å². The van der Waals surface area contributed by atoms with E-state index in [2.05, 4.69) is 12.1 Å². The minimum Gasteiger partial charge on any atom is -0.377 e. The van der Waals surface area contributed by atoms with E-state index in [-0.39, 0.29) is 11.4 Å². The molecule has 3 aromatic rings. The maximum Gasteiger partial charge on any atom is 0.347 e. The zero-order chi connectivity index (χ0) is 25.6. The number of aromatic nitrogens is 1. The maximum absolute atomic E-state index is 11.5. The molecule has 0 aliphatic carbocycles. The Labute approximate surface area is 211 Å². The van der Waals surface area contributed by atoms with E-state index >= 15 is 0 Å². The summed E-state index contributed by atoms with van der Waals surface area (Å²) in [6.07, 6.45) is 13.9. The molecule has 0 aliphatic heterocycles. The quantitative estimate of drug-likeness (QED) is 0.0963. The Kier molecular flexibility index (Phi) is 11.0. The van der Waals surface area contributed by atoms with E-state index in [0.29, 0.717) is 12.3 Å². The van der Waals surface area contributed by atoms with Crippen molar-refractivity contribution in [2.75, 3.05) is 6.61 Å². The van der Waals surface area contributed by atoms with Crippen LogP contribution in [0.25, 0.3) is 5.69 Å². The number of hydrogen-bond donors (Lipinski definition) is 0. The first-order valence-electron chi connectivity index (χ1n) is 12.6. The minimum atomic E-state index is -0.625. The van der Waals surface area contributed by atoms with Crippen LogP contribution in [0.2, 0.25) is 0 Å². The summed E-state index contributed by atoms with van der Waals surface area (Å²) in [4.78, 5) is 21.2. The Morgan fingerprint density at radius 1 is 0.722 bits per heavy atom. The molecule has 0 amide bonds. The van der Waals surface area contributed by atoms with Crippen LogP contribution >= 0.6 is 0 Å². The van der Waals surface area contributed by atoms with Gasteiger partial charge in [0.1, 0.15) is 6.07 Å². The third kappa shape index (κ3) is 8.85. The number of nitrogens with zero attached hydrogens (tertiary/aromatic N) is 3. The van der Waals surface area contributed by atoms with Gasteiger partial charge in [-0.05, 0) is 30.9 Å². The van der Waals surface area contributed by atoms with Crippen molar-refractivity contribution in [1.29, 1.82) is 0 Å². The molecule has 8 nitrogen and oxygen atoms in total. The predicted octanol–water partition coefficient (Wildman–Crippen LogP) is 6.66. The van der Waals surface area contributed by atoms with Gasteiger partial charge in [0.05, 0.1) is 16.5 Å². The molecule has 0 spiro atoms. The Morgan fingerprint density at radius 3 is 2.08 bits per heavy atom. The van der Waals surface area contributed by atoms with E-state index in [1.807, 2.05) is 36.5 Å². The first-order chi connectivity index (χ1) is 17.5. The molecule has 0 aliphatic rings. The van der Waals surface area contributed by atoms with Crippen LogP contribution in [0, 0.1) is 20.2 Å². The van der Waals surface area contributed by atoms with Crippen molar-refractivity contribution in [2.24, 2.45) is 0 Å². The van der Waals surface area contributed by atoms with Gasteiger partial charge in [-0.1, -0.05) is 68.9 Å². The number of non-ortho nitro benzene ring substituents is 1. The number of rotatable bonds is 16. The molecule has 1 aromatic heterocycles. The van der Waals surface area contributed by atoms with Gasteiger partial charge in [-0.2, -0.15) is 4.57 Å². The van der Waals surface area contributed by atoms with E-state index in [0.717, 1.165) is 43.9 Å². The van der Waals surface area contributed by atoms with Crippen molar-refractivity contribution in [3.05, 3.63) is 104 Å². The lowest BCUT2D eigenvalue weighted by molar-refractivity contribution is -0.601. The Balaban J connectivity index is 1.31. The van der Waals surface area contributed by atoms with Crippen LogP contribution < -0.4 is 4.57 Å². The first kappa shape index (κ1) is 26.9. The molecular formula is C28H34N3O5+. The molecule has 8 heteroatoms. The van der Waals surface area contributed by atoms with Crippen molar-refractivity contribution in [3.63, 3.8) is 0 Å². The van der Waals surface area contributed by atoms with E-state index in [1.54, 1.807) is 10.8 Å². The molecule has 3 rings (SSSR count). The first-order valence-corrected chi connectivity index (χ1v) is 12.6. The summed E-state index contributed by atoms with van der Waals surface area (Å²) < 4.78 is 7.40. The van der Waals surface area contributed by atoms with Crippen LogP contribution in [-0.2, 0) is 17.8 Å². The number of nitro groups is 2. The zero-order valence-corrected chi connectivity index (χ0v) is 20.6. The summed E-state index contributed by atoms with van der Waals surface area (Å²) in [5.74, 6) is 0. The van der Waals surface area contributed by atoms with Gasteiger partial charge in [-0.3, -0.25) is 20.2 Å². The minimum absolute atomic E-state index is 0.283. The maximum atomic E-state index is 11.5. The van der Waals surface area contributed by atoms with Crippen LogP contribution in [-0.4, -0.2) is 16.5 Å². The smallest absolute Gasteiger partial charge is 0.347 e. The Bertz CT molecular complexity index is 1120. The third-order valence-electron chi connectivity index (χ3n) is 6.12. The van der Waals surface area contributed by atoms with Gasteiger partial charge in [0.15, 0.2) is 12.4 Å². The number of pyridine rings is 1. The summed E-state index contributed by atoms with van der Waals surface area (Å²) in [5.41, 5.74) is 2.04. The summed E-state index contributed by atoms with van der Waals surface area (Å²) in [5, 5.41) is 22.4. The lowest BCUT2D eigenvalue weighted by Gasteiger charge is -2.05. The van der Waals surface area contributed by atoms with E-state index in [9.17, 15) is 20.2 Å². The Hall–Kier alpha value is -3.65. The lowest BCUT2D eigenvalue weighted by Crippen LogP contribution is -2.31. The van der Waals surface area contributed by atoms with Crippen LogP contribution in [0.3, 0.4) is 0 Å². The van der Waals surface area contributed by atoms with Crippen LogP contribution in [0.15, 0.2) is 73.1 Å².